The van der Waals surface area contributed by atoms with E-state index in [4.69, 9.17) is 10.3 Å². The Bertz CT molecular complexity index is 83.1. The lowest BCUT2D eigenvalue weighted by atomic mass is 10.0. The minimum Gasteiger partial charge on any atom is -0.395 e. The minimum absolute atomic E-state index is 0.0248. The van der Waals surface area contributed by atoms with Crippen LogP contribution in [-0.2, 0) is 0 Å². The maximum atomic E-state index is 9.20. The van der Waals surface area contributed by atoms with E-state index in [0.29, 0.717) is 0 Å². The summed E-state index contributed by atoms with van der Waals surface area (Å²) in [6.45, 7) is 3.35. The van der Waals surface area contributed by atoms with Crippen molar-refractivity contribution >= 4 is 0 Å². The maximum absolute atomic E-state index is 9.20. The summed E-state index contributed by atoms with van der Waals surface area (Å²) in [5.74, 6) is 0.0248. The number of hydroxylamine groups is 1. The van der Waals surface area contributed by atoms with E-state index in [2.05, 4.69) is 0 Å². The molecule has 2 atom stereocenters. The predicted molar refractivity (Wildman–Crippen MR) is 36.6 cm³/mol. The molecular weight excluding hydrogens is 134 g/mol. The number of aliphatic hydroxyl groups is 2. The summed E-state index contributed by atoms with van der Waals surface area (Å²) in [5.41, 5.74) is 1.83. The Kier molecular flexibility index (Phi) is 4.55. The minimum atomic E-state index is -0.713. The molecule has 0 rings (SSSR count). The van der Waals surface area contributed by atoms with Crippen molar-refractivity contribution in [2.45, 2.75) is 26.0 Å². The van der Waals surface area contributed by atoms with Gasteiger partial charge in [-0.1, -0.05) is 13.8 Å². The van der Waals surface area contributed by atoms with Crippen LogP contribution in [0.4, 0.5) is 0 Å². The first kappa shape index (κ1) is 9.84. The Morgan fingerprint density at radius 2 is 1.90 bits per heavy atom. The van der Waals surface area contributed by atoms with Gasteiger partial charge in [-0.05, 0) is 5.92 Å². The van der Waals surface area contributed by atoms with Crippen molar-refractivity contribution in [3.05, 3.63) is 0 Å². The molecule has 62 valence electrons. The van der Waals surface area contributed by atoms with E-state index in [1.807, 2.05) is 19.3 Å². The molecule has 0 aromatic carbocycles. The molecule has 0 aromatic heterocycles. The zero-order chi connectivity index (χ0) is 8.15. The highest BCUT2D eigenvalue weighted by molar-refractivity contribution is 4.73. The van der Waals surface area contributed by atoms with Crippen LogP contribution in [0.3, 0.4) is 0 Å². The molecule has 0 bridgehead atoms. The lowest BCUT2D eigenvalue weighted by Crippen LogP contribution is -2.43. The first-order valence-corrected chi connectivity index (χ1v) is 3.32. The number of nitrogens with one attached hydrogen (secondary N) is 1. The quantitative estimate of drug-likeness (QED) is 0.400. The molecule has 2 unspecified atom stereocenters. The van der Waals surface area contributed by atoms with Crippen molar-refractivity contribution in [2.75, 3.05) is 6.61 Å². The van der Waals surface area contributed by atoms with Gasteiger partial charge in [-0.25, -0.2) is 0 Å². The van der Waals surface area contributed by atoms with Crippen LogP contribution < -0.4 is 5.48 Å². The Morgan fingerprint density at radius 1 is 1.40 bits per heavy atom. The van der Waals surface area contributed by atoms with Gasteiger partial charge >= 0.3 is 0 Å². The van der Waals surface area contributed by atoms with Gasteiger partial charge in [0.2, 0.25) is 0 Å². The highest BCUT2D eigenvalue weighted by Gasteiger charge is 2.19. The molecule has 4 N–H and O–H groups in total. The van der Waals surface area contributed by atoms with E-state index in [1.54, 1.807) is 0 Å². The fourth-order valence-electron chi connectivity index (χ4n) is 0.690. The fourth-order valence-corrected chi connectivity index (χ4v) is 0.690. The van der Waals surface area contributed by atoms with E-state index in [1.165, 1.54) is 0 Å². The van der Waals surface area contributed by atoms with Crippen molar-refractivity contribution in [1.29, 1.82) is 0 Å². The second-order valence-corrected chi connectivity index (χ2v) is 2.65. The topological polar surface area (TPSA) is 72.7 Å². The lowest BCUT2D eigenvalue weighted by molar-refractivity contribution is -0.00702. The summed E-state index contributed by atoms with van der Waals surface area (Å²) in [4.78, 5) is 0. The number of hydrogen-bond donors (Lipinski definition) is 4. The molecule has 4 nitrogen and oxygen atoms in total. The smallest absolute Gasteiger partial charge is 0.0812 e. The van der Waals surface area contributed by atoms with Gasteiger partial charge in [0.25, 0.3) is 0 Å². The fraction of sp³-hybridized carbons (Fsp3) is 1.00. The molecule has 10 heavy (non-hydrogen) atoms. The Morgan fingerprint density at radius 3 is 2.00 bits per heavy atom. The van der Waals surface area contributed by atoms with Crippen molar-refractivity contribution < 1.29 is 15.4 Å². The summed E-state index contributed by atoms with van der Waals surface area (Å²) >= 11 is 0. The third kappa shape index (κ3) is 2.62. The summed E-state index contributed by atoms with van der Waals surface area (Å²) in [7, 11) is 0. The maximum Gasteiger partial charge on any atom is 0.0812 e. The van der Waals surface area contributed by atoms with Crippen LogP contribution in [-0.4, -0.2) is 34.2 Å². The van der Waals surface area contributed by atoms with E-state index in [0.717, 1.165) is 0 Å². The first-order valence-electron chi connectivity index (χ1n) is 3.32. The summed E-state index contributed by atoms with van der Waals surface area (Å²) in [6, 6.07) is -0.639. The Hall–Kier alpha value is -0.160. The van der Waals surface area contributed by atoms with Gasteiger partial charge in [0.1, 0.15) is 0 Å². The average Bonchev–Trinajstić information content (AvgIpc) is 1.90. The molecular formula is C6H15NO3. The largest absolute Gasteiger partial charge is 0.395 e. The molecule has 0 aromatic rings. The third-order valence-corrected chi connectivity index (χ3v) is 1.46. The van der Waals surface area contributed by atoms with Crippen LogP contribution in [0.15, 0.2) is 0 Å². The zero-order valence-corrected chi connectivity index (χ0v) is 6.28. The molecule has 0 saturated carbocycles. The van der Waals surface area contributed by atoms with Gasteiger partial charge in [-0.3, -0.25) is 0 Å². The van der Waals surface area contributed by atoms with Crippen molar-refractivity contribution in [2.24, 2.45) is 5.92 Å². The molecule has 0 radical (unpaired) electrons. The SMILES string of the molecule is CC(C)C(O)C(CO)NO. The molecule has 0 fully saturated rings. The second kappa shape index (κ2) is 4.62. The highest BCUT2D eigenvalue weighted by Crippen LogP contribution is 2.04. The second-order valence-electron chi connectivity index (χ2n) is 2.65. The highest BCUT2D eigenvalue weighted by atomic mass is 16.5. The first-order chi connectivity index (χ1) is 4.63. The van der Waals surface area contributed by atoms with Crippen LogP contribution in [0.25, 0.3) is 0 Å². The zero-order valence-electron chi connectivity index (χ0n) is 6.28. The number of hydrogen-bond acceptors (Lipinski definition) is 4. The molecule has 0 spiro atoms. The van der Waals surface area contributed by atoms with Gasteiger partial charge in [0, 0.05) is 0 Å². The summed E-state index contributed by atoms with van der Waals surface area (Å²) in [5, 5.41) is 26.1. The van der Waals surface area contributed by atoms with Crippen LogP contribution in [0.5, 0.6) is 0 Å². The predicted octanol–water partition coefficient (Wildman–Crippen LogP) is -0.657. The van der Waals surface area contributed by atoms with Crippen molar-refractivity contribution in [3.63, 3.8) is 0 Å². The van der Waals surface area contributed by atoms with Gasteiger partial charge in [-0.15, -0.1) is 0 Å². The van der Waals surface area contributed by atoms with E-state index in [-0.39, 0.29) is 12.5 Å². The molecule has 0 saturated heterocycles. The van der Waals surface area contributed by atoms with E-state index < -0.39 is 12.1 Å². The van der Waals surface area contributed by atoms with Crippen LogP contribution >= 0.6 is 0 Å². The molecule has 0 aliphatic rings. The van der Waals surface area contributed by atoms with Crippen molar-refractivity contribution in [1.82, 2.24) is 5.48 Å². The monoisotopic (exact) mass is 149 g/mol. The molecule has 0 aliphatic carbocycles. The van der Waals surface area contributed by atoms with E-state index >= 15 is 0 Å². The number of rotatable bonds is 4. The Balaban J connectivity index is 3.76. The van der Waals surface area contributed by atoms with Crippen LogP contribution in [0.1, 0.15) is 13.8 Å². The van der Waals surface area contributed by atoms with Crippen molar-refractivity contribution in [3.8, 4) is 0 Å². The number of aliphatic hydroxyl groups excluding tert-OH is 2. The molecule has 0 heterocycles. The summed E-state index contributed by atoms with van der Waals surface area (Å²) < 4.78 is 0. The lowest BCUT2D eigenvalue weighted by Gasteiger charge is -2.21. The van der Waals surface area contributed by atoms with Gasteiger partial charge in [0.15, 0.2) is 0 Å². The molecule has 0 aliphatic heterocycles. The molecule has 0 amide bonds. The average molecular weight is 149 g/mol. The Labute approximate surface area is 60.5 Å². The standard InChI is InChI=1S/C6H15NO3/c1-4(2)6(9)5(3-8)7-10/h4-10H,3H2,1-2H3. The van der Waals surface area contributed by atoms with Gasteiger partial charge in [0.05, 0.1) is 18.8 Å². The van der Waals surface area contributed by atoms with Gasteiger partial charge < -0.3 is 15.4 Å². The normalized spacial score (nSPS) is 17.4. The van der Waals surface area contributed by atoms with Crippen LogP contribution in [0, 0.1) is 5.92 Å². The van der Waals surface area contributed by atoms with Crippen LogP contribution in [0.2, 0.25) is 0 Å². The summed E-state index contributed by atoms with van der Waals surface area (Å²) in [6.07, 6.45) is -0.713. The molecule has 4 heteroatoms. The third-order valence-electron chi connectivity index (χ3n) is 1.46. The van der Waals surface area contributed by atoms with Gasteiger partial charge in [-0.2, -0.15) is 5.48 Å². The van der Waals surface area contributed by atoms with E-state index in [9.17, 15) is 5.11 Å².